The highest BCUT2D eigenvalue weighted by Crippen LogP contribution is 2.35. The number of hydrogen-bond donors (Lipinski definition) is 2. The summed E-state index contributed by atoms with van der Waals surface area (Å²) in [6, 6.07) is 5.41. The van der Waals surface area contributed by atoms with Crippen molar-refractivity contribution in [2.24, 2.45) is 0 Å². The number of amides is 2. The van der Waals surface area contributed by atoms with Crippen LogP contribution in [0.4, 0.5) is 5.69 Å². The van der Waals surface area contributed by atoms with E-state index >= 15 is 0 Å². The Morgan fingerprint density at radius 1 is 1.52 bits per heavy atom. The summed E-state index contributed by atoms with van der Waals surface area (Å²) in [6.45, 7) is 3.18. The van der Waals surface area contributed by atoms with Crippen LogP contribution in [0.15, 0.2) is 23.1 Å². The zero-order chi connectivity index (χ0) is 14.8. The van der Waals surface area contributed by atoms with E-state index < -0.39 is 0 Å². The lowest BCUT2D eigenvalue weighted by Crippen LogP contribution is -2.32. The number of thioether (sulfide) groups is 1. The highest BCUT2D eigenvalue weighted by molar-refractivity contribution is 8.00. The minimum absolute atomic E-state index is 0.0237. The number of rotatable bonds is 3. The van der Waals surface area contributed by atoms with Gasteiger partial charge in [-0.25, -0.2) is 0 Å². The Labute approximate surface area is 127 Å². The fraction of sp³-hybridized carbons (Fsp3) is 0.467. The molecule has 2 amide bonds. The molecule has 1 saturated heterocycles. The Morgan fingerprint density at radius 3 is 3.14 bits per heavy atom. The monoisotopic (exact) mass is 306 g/mol. The van der Waals surface area contributed by atoms with Crippen LogP contribution in [-0.2, 0) is 9.53 Å². The summed E-state index contributed by atoms with van der Waals surface area (Å²) < 4.78 is 5.48. The smallest absolute Gasteiger partial charge is 0.251 e. The molecule has 0 unspecified atom stereocenters. The molecule has 1 aromatic rings. The Bertz CT molecular complexity index is 570. The maximum atomic E-state index is 12.1. The van der Waals surface area contributed by atoms with Gasteiger partial charge in [-0.2, -0.15) is 0 Å². The van der Waals surface area contributed by atoms with Crippen molar-refractivity contribution in [2.45, 2.75) is 36.0 Å². The van der Waals surface area contributed by atoms with Crippen molar-refractivity contribution in [1.82, 2.24) is 5.32 Å². The molecule has 2 N–H and O–H groups in total. The average Bonchev–Trinajstić information content (AvgIpc) is 2.99. The molecule has 2 atom stereocenters. The molecule has 1 aromatic carbocycles. The van der Waals surface area contributed by atoms with Crippen LogP contribution in [0.5, 0.6) is 0 Å². The Kier molecular flexibility index (Phi) is 4.17. The first-order chi connectivity index (χ1) is 10.1. The molecule has 2 heterocycles. The van der Waals surface area contributed by atoms with Crippen molar-refractivity contribution < 1.29 is 14.3 Å². The van der Waals surface area contributed by atoms with Crippen LogP contribution in [0.1, 0.15) is 30.1 Å². The first-order valence-corrected chi connectivity index (χ1v) is 8.03. The molecule has 3 rings (SSSR count). The van der Waals surface area contributed by atoms with Crippen molar-refractivity contribution in [3.63, 3.8) is 0 Å². The van der Waals surface area contributed by atoms with Gasteiger partial charge in [-0.3, -0.25) is 9.59 Å². The minimum atomic E-state index is -0.133. The van der Waals surface area contributed by atoms with Gasteiger partial charge in [0.05, 0.1) is 17.0 Å². The van der Waals surface area contributed by atoms with Gasteiger partial charge in [-0.05, 0) is 38.0 Å². The molecule has 6 heteroatoms. The van der Waals surface area contributed by atoms with Crippen molar-refractivity contribution >= 4 is 29.3 Å². The lowest BCUT2D eigenvalue weighted by molar-refractivity contribution is -0.115. The molecule has 0 aliphatic carbocycles. The third-order valence-corrected chi connectivity index (χ3v) is 4.86. The molecule has 112 valence electrons. The predicted molar refractivity (Wildman–Crippen MR) is 81.7 cm³/mol. The number of carbonyl (C=O) groups is 2. The molecular weight excluding hydrogens is 288 g/mol. The van der Waals surface area contributed by atoms with E-state index in [0.29, 0.717) is 17.8 Å². The molecule has 0 saturated carbocycles. The van der Waals surface area contributed by atoms with Gasteiger partial charge in [0.25, 0.3) is 5.91 Å². The molecule has 0 radical (unpaired) electrons. The number of anilines is 1. The molecule has 2 aliphatic heterocycles. The summed E-state index contributed by atoms with van der Waals surface area (Å²) in [7, 11) is 0. The fourth-order valence-corrected chi connectivity index (χ4v) is 3.39. The van der Waals surface area contributed by atoms with Crippen LogP contribution in [0, 0.1) is 0 Å². The largest absolute Gasteiger partial charge is 0.376 e. The highest BCUT2D eigenvalue weighted by atomic mass is 32.2. The highest BCUT2D eigenvalue weighted by Gasteiger charge is 2.24. The normalized spacial score (nSPS) is 24.3. The van der Waals surface area contributed by atoms with Crippen LogP contribution < -0.4 is 10.6 Å². The van der Waals surface area contributed by atoms with Crippen LogP contribution in [-0.4, -0.2) is 36.3 Å². The molecule has 2 aliphatic rings. The van der Waals surface area contributed by atoms with E-state index in [4.69, 9.17) is 4.74 Å². The first kappa shape index (κ1) is 14.4. The summed E-state index contributed by atoms with van der Waals surface area (Å²) >= 11 is 1.51. The zero-order valence-electron chi connectivity index (χ0n) is 11.8. The number of carbonyl (C=O) groups excluding carboxylic acids is 2. The number of ether oxygens (including phenoxy) is 1. The van der Waals surface area contributed by atoms with Gasteiger partial charge in [0, 0.05) is 23.6 Å². The molecule has 0 spiro atoms. The summed E-state index contributed by atoms with van der Waals surface area (Å²) in [6.07, 6.45) is 2.18. The average molecular weight is 306 g/mol. The molecule has 0 aromatic heterocycles. The van der Waals surface area contributed by atoms with E-state index in [2.05, 4.69) is 10.6 Å². The van der Waals surface area contributed by atoms with Gasteiger partial charge < -0.3 is 15.4 Å². The zero-order valence-corrected chi connectivity index (χ0v) is 12.7. The van der Waals surface area contributed by atoms with E-state index in [-0.39, 0.29) is 23.2 Å². The van der Waals surface area contributed by atoms with Crippen LogP contribution in [0.25, 0.3) is 0 Å². The molecular formula is C15H18N2O3S. The van der Waals surface area contributed by atoms with Crippen LogP contribution >= 0.6 is 11.8 Å². The van der Waals surface area contributed by atoms with E-state index in [9.17, 15) is 9.59 Å². The standard InChI is InChI=1S/C15H18N2O3S/c1-9-14(18)17-12-7-10(4-5-13(12)21-9)15(19)16-8-11-3-2-6-20-11/h4-5,7,9,11H,2-3,6,8H2,1H3,(H,16,19)(H,17,18)/t9-,11+/m1/s1. The molecule has 5 nitrogen and oxygen atoms in total. The van der Waals surface area contributed by atoms with Gasteiger partial charge in [-0.1, -0.05) is 0 Å². The lowest BCUT2D eigenvalue weighted by atomic mass is 10.1. The third-order valence-electron chi connectivity index (χ3n) is 3.69. The number of fused-ring (bicyclic) bond motifs is 1. The van der Waals surface area contributed by atoms with Crippen LogP contribution in [0.2, 0.25) is 0 Å². The van der Waals surface area contributed by atoms with Gasteiger partial charge >= 0.3 is 0 Å². The van der Waals surface area contributed by atoms with Gasteiger partial charge in [0.15, 0.2) is 0 Å². The number of hydrogen-bond acceptors (Lipinski definition) is 4. The lowest BCUT2D eigenvalue weighted by Gasteiger charge is -2.21. The second kappa shape index (κ2) is 6.07. The molecule has 0 bridgehead atoms. The third kappa shape index (κ3) is 3.22. The maximum Gasteiger partial charge on any atom is 0.251 e. The minimum Gasteiger partial charge on any atom is -0.376 e. The maximum absolute atomic E-state index is 12.1. The van der Waals surface area contributed by atoms with E-state index in [1.165, 1.54) is 11.8 Å². The second-order valence-corrected chi connectivity index (χ2v) is 6.69. The van der Waals surface area contributed by atoms with Crippen molar-refractivity contribution in [1.29, 1.82) is 0 Å². The van der Waals surface area contributed by atoms with Crippen molar-refractivity contribution in [2.75, 3.05) is 18.5 Å². The van der Waals surface area contributed by atoms with E-state index in [1.807, 2.05) is 13.0 Å². The number of nitrogens with one attached hydrogen (secondary N) is 2. The summed E-state index contributed by atoms with van der Waals surface area (Å²) in [5.74, 6) is -0.157. The number of benzene rings is 1. The quantitative estimate of drug-likeness (QED) is 0.896. The van der Waals surface area contributed by atoms with Gasteiger partial charge in [0.1, 0.15) is 0 Å². The predicted octanol–water partition coefficient (Wildman–Crippen LogP) is 2.03. The topological polar surface area (TPSA) is 67.4 Å². The van der Waals surface area contributed by atoms with Crippen molar-refractivity contribution in [3.05, 3.63) is 23.8 Å². The first-order valence-electron chi connectivity index (χ1n) is 7.15. The molecule has 21 heavy (non-hydrogen) atoms. The van der Waals surface area contributed by atoms with Gasteiger partial charge in [-0.15, -0.1) is 11.8 Å². The van der Waals surface area contributed by atoms with E-state index in [0.717, 1.165) is 24.3 Å². The SMILES string of the molecule is C[C@H]1Sc2ccc(C(=O)NC[C@@H]3CCCO3)cc2NC1=O. The second-order valence-electron chi connectivity index (χ2n) is 5.31. The molecule has 1 fully saturated rings. The Hall–Kier alpha value is -1.53. The summed E-state index contributed by atoms with van der Waals surface area (Å²) in [5.41, 5.74) is 1.27. The van der Waals surface area contributed by atoms with Gasteiger partial charge in [0.2, 0.25) is 5.91 Å². The summed E-state index contributed by atoms with van der Waals surface area (Å²) in [5, 5.41) is 5.62. The fourth-order valence-electron chi connectivity index (χ4n) is 2.46. The Balaban J connectivity index is 1.67. The van der Waals surface area contributed by atoms with Crippen LogP contribution in [0.3, 0.4) is 0 Å². The van der Waals surface area contributed by atoms with E-state index in [1.54, 1.807) is 12.1 Å². The van der Waals surface area contributed by atoms with Crippen molar-refractivity contribution in [3.8, 4) is 0 Å². The summed E-state index contributed by atoms with van der Waals surface area (Å²) in [4.78, 5) is 24.8. The Morgan fingerprint density at radius 2 is 2.38 bits per heavy atom.